The highest BCUT2D eigenvalue weighted by atomic mass is 79.9. The van der Waals surface area contributed by atoms with E-state index >= 15 is 0 Å². The van der Waals surface area contributed by atoms with Crippen LogP contribution in [0.1, 0.15) is 0 Å². The van der Waals surface area contributed by atoms with Gasteiger partial charge in [0.2, 0.25) is 0 Å². The maximum Gasteiger partial charge on any atom is 0.266 e. The molecule has 0 unspecified atom stereocenters. The van der Waals surface area contributed by atoms with Crippen LogP contribution in [0.3, 0.4) is 0 Å². The van der Waals surface area contributed by atoms with Gasteiger partial charge in [-0.25, -0.2) is 4.98 Å². The van der Waals surface area contributed by atoms with Crippen molar-refractivity contribution in [3.8, 4) is 5.69 Å². The monoisotopic (exact) mass is 406 g/mol. The molecule has 0 aliphatic carbocycles. The zero-order valence-corrected chi connectivity index (χ0v) is 15.2. The summed E-state index contributed by atoms with van der Waals surface area (Å²) in [6.07, 6.45) is 1.78. The number of aromatic nitrogens is 2. The molecule has 0 N–H and O–H groups in total. The topological polar surface area (TPSA) is 34.9 Å². The van der Waals surface area contributed by atoms with E-state index in [0.717, 1.165) is 4.47 Å². The maximum atomic E-state index is 13.0. The van der Waals surface area contributed by atoms with Gasteiger partial charge in [0.1, 0.15) is 0 Å². The molecule has 0 saturated carbocycles. The zero-order valence-electron chi connectivity index (χ0n) is 12.0. The minimum Gasteiger partial charge on any atom is -0.268 e. The molecule has 2 aromatic carbocycles. The fourth-order valence-electron chi connectivity index (χ4n) is 2.21. The SMILES string of the molecule is C=CCSc1nc2ccc(Br)cc2c(=O)n1-c1ccccc1Cl. The first-order chi connectivity index (χ1) is 11.1. The number of fused-ring (bicyclic) bond motifs is 1. The van der Waals surface area contributed by atoms with E-state index in [4.69, 9.17) is 11.6 Å². The molecule has 0 atom stereocenters. The highest BCUT2D eigenvalue weighted by Crippen LogP contribution is 2.26. The number of rotatable bonds is 4. The van der Waals surface area contributed by atoms with Crippen LogP contribution in [0.2, 0.25) is 5.02 Å². The van der Waals surface area contributed by atoms with E-state index in [-0.39, 0.29) is 5.56 Å². The molecule has 23 heavy (non-hydrogen) atoms. The van der Waals surface area contributed by atoms with Crippen LogP contribution in [0, 0.1) is 0 Å². The molecule has 0 spiro atoms. The molecule has 0 fully saturated rings. The third-order valence-corrected chi connectivity index (χ3v) is 4.97. The Balaban J connectivity index is 2.36. The number of halogens is 2. The highest BCUT2D eigenvalue weighted by Gasteiger charge is 2.15. The molecule has 0 aliphatic rings. The first-order valence-electron chi connectivity index (χ1n) is 6.82. The number of nitrogens with zero attached hydrogens (tertiary/aromatic N) is 2. The van der Waals surface area contributed by atoms with Crippen LogP contribution in [0.15, 0.2) is 69.5 Å². The van der Waals surface area contributed by atoms with Gasteiger partial charge in [0, 0.05) is 10.2 Å². The molecule has 1 aromatic heterocycles. The number of benzene rings is 2. The van der Waals surface area contributed by atoms with Crippen molar-refractivity contribution in [3.63, 3.8) is 0 Å². The van der Waals surface area contributed by atoms with E-state index in [1.54, 1.807) is 22.8 Å². The lowest BCUT2D eigenvalue weighted by atomic mass is 10.2. The van der Waals surface area contributed by atoms with Crippen LogP contribution in [0.25, 0.3) is 16.6 Å². The van der Waals surface area contributed by atoms with Crippen molar-refractivity contribution >= 4 is 50.2 Å². The molecule has 0 radical (unpaired) electrons. The molecule has 0 bridgehead atoms. The molecular weight excluding hydrogens is 396 g/mol. The summed E-state index contributed by atoms with van der Waals surface area (Å²) in [7, 11) is 0. The van der Waals surface area contributed by atoms with Crippen LogP contribution < -0.4 is 5.56 Å². The second-order valence-corrected chi connectivity index (χ2v) is 7.06. The molecule has 6 heteroatoms. The number of hydrogen-bond donors (Lipinski definition) is 0. The Morgan fingerprint density at radius 3 is 2.83 bits per heavy atom. The molecule has 0 aliphatic heterocycles. The predicted octanol–water partition coefficient (Wildman–Crippen LogP) is 5.08. The Hall–Kier alpha value is -1.56. The van der Waals surface area contributed by atoms with E-state index in [2.05, 4.69) is 27.5 Å². The van der Waals surface area contributed by atoms with Gasteiger partial charge in [-0.05, 0) is 30.3 Å². The Kier molecular flexibility index (Phi) is 4.90. The Labute approximate surface area is 151 Å². The van der Waals surface area contributed by atoms with Gasteiger partial charge in [0.25, 0.3) is 5.56 Å². The largest absolute Gasteiger partial charge is 0.268 e. The molecule has 0 saturated heterocycles. The summed E-state index contributed by atoms with van der Waals surface area (Å²) in [5, 5.41) is 1.64. The number of hydrogen-bond acceptors (Lipinski definition) is 3. The minimum absolute atomic E-state index is 0.143. The van der Waals surface area contributed by atoms with Crippen LogP contribution >= 0.6 is 39.3 Å². The van der Waals surface area contributed by atoms with Crippen molar-refractivity contribution in [1.29, 1.82) is 0 Å². The van der Waals surface area contributed by atoms with Crippen molar-refractivity contribution in [2.75, 3.05) is 5.75 Å². The Bertz CT molecular complexity index is 955. The predicted molar refractivity (Wildman–Crippen MR) is 101 cm³/mol. The summed E-state index contributed by atoms with van der Waals surface area (Å²) in [6, 6.07) is 12.7. The summed E-state index contributed by atoms with van der Waals surface area (Å²) in [6.45, 7) is 3.72. The molecule has 3 rings (SSSR count). The third kappa shape index (κ3) is 3.22. The van der Waals surface area contributed by atoms with E-state index < -0.39 is 0 Å². The van der Waals surface area contributed by atoms with Gasteiger partial charge in [-0.1, -0.05) is 57.5 Å². The minimum atomic E-state index is -0.143. The lowest BCUT2D eigenvalue weighted by Crippen LogP contribution is -2.22. The van der Waals surface area contributed by atoms with E-state index in [0.29, 0.717) is 32.5 Å². The quantitative estimate of drug-likeness (QED) is 0.344. The molecule has 0 amide bonds. The summed E-state index contributed by atoms with van der Waals surface area (Å²) < 4.78 is 2.40. The zero-order chi connectivity index (χ0) is 16.4. The second-order valence-electron chi connectivity index (χ2n) is 4.75. The van der Waals surface area contributed by atoms with Gasteiger partial charge in [-0.3, -0.25) is 9.36 Å². The average Bonchev–Trinajstić information content (AvgIpc) is 2.55. The van der Waals surface area contributed by atoms with Gasteiger partial charge < -0.3 is 0 Å². The third-order valence-electron chi connectivity index (χ3n) is 3.22. The Morgan fingerprint density at radius 2 is 2.09 bits per heavy atom. The second kappa shape index (κ2) is 6.91. The fourth-order valence-corrected chi connectivity index (χ4v) is 3.53. The van der Waals surface area contributed by atoms with E-state index in [1.807, 2.05) is 30.3 Å². The van der Waals surface area contributed by atoms with Gasteiger partial charge in [0.05, 0.1) is 21.6 Å². The molecule has 3 nitrogen and oxygen atoms in total. The van der Waals surface area contributed by atoms with Crippen LogP contribution in [0.4, 0.5) is 0 Å². The van der Waals surface area contributed by atoms with Crippen LogP contribution in [-0.4, -0.2) is 15.3 Å². The van der Waals surface area contributed by atoms with Gasteiger partial charge in [-0.2, -0.15) is 0 Å². The average molecular weight is 408 g/mol. The molecular formula is C17H12BrClN2OS. The van der Waals surface area contributed by atoms with E-state index in [9.17, 15) is 4.79 Å². The van der Waals surface area contributed by atoms with Crippen molar-refractivity contribution in [2.24, 2.45) is 0 Å². The van der Waals surface area contributed by atoms with Crippen molar-refractivity contribution in [1.82, 2.24) is 9.55 Å². The lowest BCUT2D eigenvalue weighted by Gasteiger charge is -2.14. The normalized spacial score (nSPS) is 10.9. The lowest BCUT2D eigenvalue weighted by molar-refractivity contribution is 0.821. The fraction of sp³-hybridized carbons (Fsp3) is 0.0588. The van der Waals surface area contributed by atoms with Crippen LogP contribution in [0.5, 0.6) is 0 Å². The first-order valence-corrected chi connectivity index (χ1v) is 8.98. The van der Waals surface area contributed by atoms with E-state index in [1.165, 1.54) is 11.8 Å². The van der Waals surface area contributed by atoms with Crippen molar-refractivity contribution in [2.45, 2.75) is 5.16 Å². The van der Waals surface area contributed by atoms with Crippen LogP contribution in [-0.2, 0) is 0 Å². The van der Waals surface area contributed by atoms with Crippen molar-refractivity contribution < 1.29 is 0 Å². The first kappa shape index (κ1) is 16.3. The molecule has 1 heterocycles. The number of thioether (sulfide) groups is 1. The van der Waals surface area contributed by atoms with Crippen molar-refractivity contribution in [3.05, 3.63) is 75.0 Å². The number of para-hydroxylation sites is 1. The standard InChI is InChI=1S/C17H12BrClN2OS/c1-2-9-23-17-20-14-8-7-11(18)10-12(14)16(22)21(17)15-6-4-3-5-13(15)19/h2-8,10H,1,9H2. The van der Waals surface area contributed by atoms with Gasteiger partial charge in [0.15, 0.2) is 5.16 Å². The Morgan fingerprint density at radius 1 is 1.30 bits per heavy atom. The maximum absolute atomic E-state index is 13.0. The summed E-state index contributed by atoms with van der Waals surface area (Å²) in [4.78, 5) is 17.7. The molecule has 3 aromatic rings. The van der Waals surface area contributed by atoms with Gasteiger partial charge >= 0.3 is 0 Å². The van der Waals surface area contributed by atoms with Gasteiger partial charge in [-0.15, -0.1) is 6.58 Å². The highest BCUT2D eigenvalue weighted by molar-refractivity contribution is 9.10. The summed E-state index contributed by atoms with van der Waals surface area (Å²) in [5.41, 5.74) is 1.14. The summed E-state index contributed by atoms with van der Waals surface area (Å²) in [5.74, 6) is 0.652. The molecule has 116 valence electrons. The smallest absolute Gasteiger partial charge is 0.266 e. The summed E-state index contributed by atoms with van der Waals surface area (Å²) >= 11 is 11.1.